The minimum Gasteiger partial charge on any atom is -0.201 e. The van der Waals surface area contributed by atoms with Crippen LogP contribution in [0.3, 0.4) is 0 Å². The Kier molecular flexibility index (Phi) is 1.07. The van der Waals surface area contributed by atoms with Gasteiger partial charge in [-0.3, -0.25) is 0 Å². The van der Waals surface area contributed by atoms with Crippen molar-refractivity contribution in [2.45, 2.75) is 0 Å². The molecule has 0 saturated carbocycles. The van der Waals surface area contributed by atoms with Gasteiger partial charge in [0.25, 0.3) is 0 Å². The van der Waals surface area contributed by atoms with Gasteiger partial charge in [-0.2, -0.15) is 0 Å². The Bertz CT molecular complexity index is 275. The molecule has 0 atom stereocenters. The maximum atomic E-state index is 5.71. The predicted octanol–water partition coefficient (Wildman–Crippen LogP) is 1.10. The molecule has 2 heterocycles. The summed E-state index contributed by atoms with van der Waals surface area (Å²) >= 11 is 5.71. The van der Waals surface area contributed by atoms with E-state index in [0.29, 0.717) is 5.17 Å². The van der Waals surface area contributed by atoms with Crippen LogP contribution >= 0.6 is 11.6 Å². The van der Waals surface area contributed by atoms with E-state index in [1.807, 2.05) is 0 Å². The lowest BCUT2D eigenvalue weighted by Crippen LogP contribution is -2.15. The van der Waals surface area contributed by atoms with Gasteiger partial charge in [0.05, 0.1) is 0 Å². The quantitative estimate of drug-likeness (QED) is 0.478. The summed E-state index contributed by atoms with van der Waals surface area (Å²) in [6.45, 7) is 0. The second kappa shape index (κ2) is 1.90. The van der Waals surface area contributed by atoms with Crippen LogP contribution in [0, 0.1) is 6.08 Å². The monoisotopic (exact) mass is 152 g/mol. The zero-order valence-electron chi connectivity index (χ0n) is 4.95. The second-order valence-corrected chi connectivity index (χ2v) is 2.18. The molecule has 0 aliphatic carbocycles. The third-order valence-corrected chi connectivity index (χ3v) is 1.51. The number of hydrazone groups is 1. The highest BCUT2D eigenvalue weighted by Crippen LogP contribution is 2.18. The predicted molar refractivity (Wildman–Crippen MR) is 39.5 cm³/mol. The molecule has 3 nitrogen and oxygen atoms in total. The van der Waals surface area contributed by atoms with Crippen molar-refractivity contribution in [2.75, 3.05) is 0 Å². The molecule has 2 aliphatic heterocycles. The lowest BCUT2D eigenvalue weighted by Gasteiger charge is -2.05. The highest BCUT2D eigenvalue weighted by Gasteiger charge is 2.27. The number of hydrogen-bond donors (Lipinski definition) is 0. The molecular formula is C6H3ClN3+. The van der Waals surface area contributed by atoms with Crippen LogP contribution in [0.15, 0.2) is 28.1 Å². The lowest BCUT2D eigenvalue weighted by molar-refractivity contribution is 0.532. The second-order valence-electron chi connectivity index (χ2n) is 1.82. The Morgan fingerprint density at radius 1 is 1.60 bits per heavy atom. The van der Waals surface area contributed by atoms with Crippen molar-refractivity contribution in [1.82, 2.24) is 5.01 Å². The van der Waals surface area contributed by atoms with Crippen molar-refractivity contribution in [2.24, 2.45) is 10.1 Å². The number of halogens is 1. The van der Waals surface area contributed by atoms with E-state index in [9.17, 15) is 0 Å². The van der Waals surface area contributed by atoms with Gasteiger partial charge in [-0.25, -0.2) is 4.99 Å². The van der Waals surface area contributed by atoms with Crippen LogP contribution in [0.5, 0.6) is 0 Å². The Morgan fingerprint density at radius 3 is 3.30 bits per heavy atom. The Hall–Kier alpha value is -1.18. The first-order chi connectivity index (χ1) is 4.88. The number of fused-ring (bicyclic) bond motifs is 1. The molecule has 10 heavy (non-hydrogen) atoms. The molecule has 0 spiro atoms. The summed E-state index contributed by atoms with van der Waals surface area (Å²) in [5.41, 5.74) is 0.782. The van der Waals surface area contributed by atoms with Gasteiger partial charge in [-0.1, -0.05) is 0 Å². The van der Waals surface area contributed by atoms with Crippen molar-refractivity contribution in [3.63, 3.8) is 0 Å². The van der Waals surface area contributed by atoms with Crippen molar-refractivity contribution in [3.05, 3.63) is 24.0 Å². The van der Waals surface area contributed by atoms with E-state index in [2.05, 4.69) is 16.2 Å². The molecule has 0 bridgehead atoms. The summed E-state index contributed by atoms with van der Waals surface area (Å²) in [6, 6.07) is 0. The van der Waals surface area contributed by atoms with Crippen molar-refractivity contribution in [3.8, 4) is 0 Å². The van der Waals surface area contributed by atoms with Gasteiger partial charge in [-0.05, 0) is 11.6 Å². The number of rotatable bonds is 0. The van der Waals surface area contributed by atoms with E-state index in [-0.39, 0.29) is 0 Å². The van der Waals surface area contributed by atoms with E-state index in [0.717, 1.165) is 5.70 Å². The topological polar surface area (TPSA) is 28.0 Å². The van der Waals surface area contributed by atoms with Crippen LogP contribution in [0.25, 0.3) is 0 Å². The fourth-order valence-electron chi connectivity index (χ4n) is 0.770. The molecule has 0 aromatic carbocycles. The summed E-state index contributed by atoms with van der Waals surface area (Å²) in [7, 11) is 0. The van der Waals surface area contributed by atoms with Crippen LogP contribution in [0.1, 0.15) is 0 Å². The summed E-state index contributed by atoms with van der Waals surface area (Å²) < 4.78 is 0. The molecule has 0 saturated heterocycles. The molecule has 0 radical (unpaired) electrons. The summed E-state index contributed by atoms with van der Waals surface area (Å²) in [5.74, 6) is 0. The van der Waals surface area contributed by atoms with Gasteiger partial charge in [-0.15, -0.1) is 10.1 Å². The van der Waals surface area contributed by atoms with Crippen molar-refractivity contribution < 1.29 is 0 Å². The molecule has 2 aliphatic rings. The highest BCUT2D eigenvalue weighted by atomic mass is 35.5. The first kappa shape index (κ1) is 5.59. The maximum Gasteiger partial charge on any atom is 0.248 e. The first-order valence-corrected chi connectivity index (χ1v) is 3.10. The van der Waals surface area contributed by atoms with Gasteiger partial charge in [0.15, 0.2) is 12.3 Å². The molecule has 0 aromatic rings. The van der Waals surface area contributed by atoms with Gasteiger partial charge in [0, 0.05) is 0 Å². The van der Waals surface area contributed by atoms with Crippen LogP contribution in [0.4, 0.5) is 0 Å². The summed E-state index contributed by atoms with van der Waals surface area (Å²) in [6.07, 6.45) is 7.70. The van der Waals surface area contributed by atoms with E-state index in [1.54, 1.807) is 17.3 Å². The van der Waals surface area contributed by atoms with Crippen LogP contribution in [-0.2, 0) is 0 Å². The largest absolute Gasteiger partial charge is 0.248 e. The highest BCUT2D eigenvalue weighted by molar-refractivity contribution is 6.70. The van der Waals surface area contributed by atoms with Gasteiger partial charge >= 0.3 is 0 Å². The minimum atomic E-state index is 0.455. The van der Waals surface area contributed by atoms with Crippen LogP contribution < -0.4 is 0 Å². The summed E-state index contributed by atoms with van der Waals surface area (Å²) in [5, 5.41) is 5.97. The van der Waals surface area contributed by atoms with Crippen LogP contribution in [-0.4, -0.2) is 16.5 Å². The molecule has 0 fully saturated rings. The standard InChI is InChI=1S/C6H3ClN3/c7-6-5-2-1-3-10(5)9-4-8-6/h2-4H/q+1. The van der Waals surface area contributed by atoms with E-state index in [4.69, 9.17) is 11.6 Å². The minimum absolute atomic E-state index is 0.455. The molecule has 48 valence electrons. The third kappa shape index (κ3) is 0.652. The van der Waals surface area contributed by atoms with Crippen molar-refractivity contribution in [1.29, 1.82) is 0 Å². The molecule has 0 unspecified atom stereocenters. The fraction of sp³-hybridized carbons (Fsp3) is 0. The average molecular weight is 153 g/mol. The molecule has 0 aromatic heterocycles. The SMILES string of the molecule is ClC1=NC=NN2C=[C+]C=C12. The Labute approximate surface area is 63.0 Å². The number of aliphatic imine (C=N–C) groups is 1. The average Bonchev–Trinajstić information content (AvgIpc) is 2.36. The van der Waals surface area contributed by atoms with Gasteiger partial charge < -0.3 is 0 Å². The zero-order valence-corrected chi connectivity index (χ0v) is 5.71. The number of allylic oxidation sites excluding steroid dienone is 3. The maximum absolute atomic E-state index is 5.71. The third-order valence-electron chi connectivity index (χ3n) is 1.22. The Morgan fingerprint density at radius 2 is 2.50 bits per heavy atom. The molecule has 0 N–H and O–H groups in total. The van der Waals surface area contributed by atoms with Crippen molar-refractivity contribution >= 4 is 23.1 Å². The smallest absolute Gasteiger partial charge is 0.201 e. The van der Waals surface area contributed by atoms with Crippen LogP contribution in [0.2, 0.25) is 0 Å². The number of nitrogens with zero attached hydrogens (tertiary/aromatic N) is 3. The number of hydrogen-bond acceptors (Lipinski definition) is 3. The summed E-state index contributed by atoms with van der Waals surface area (Å²) in [4.78, 5) is 3.79. The molecular weight excluding hydrogens is 150 g/mol. The molecule has 2 rings (SSSR count). The normalized spacial score (nSPS) is 19.9. The fourth-order valence-corrected chi connectivity index (χ4v) is 0.955. The molecule has 4 heteroatoms. The van der Waals surface area contributed by atoms with E-state index in [1.165, 1.54) is 6.34 Å². The van der Waals surface area contributed by atoms with Gasteiger partial charge in [0.2, 0.25) is 10.9 Å². The Balaban J connectivity index is 2.44. The first-order valence-electron chi connectivity index (χ1n) is 2.73. The van der Waals surface area contributed by atoms with E-state index < -0.39 is 0 Å². The zero-order chi connectivity index (χ0) is 6.97. The molecule has 0 amide bonds. The van der Waals surface area contributed by atoms with E-state index >= 15 is 0 Å². The van der Waals surface area contributed by atoms with Gasteiger partial charge in [0.1, 0.15) is 12.4 Å². The lowest BCUT2D eigenvalue weighted by atomic mass is 10.4.